The van der Waals surface area contributed by atoms with E-state index < -0.39 is 0 Å². The van der Waals surface area contributed by atoms with Crippen LogP contribution in [0.1, 0.15) is 30.7 Å². The first-order valence-corrected chi connectivity index (χ1v) is 6.66. The van der Waals surface area contributed by atoms with E-state index in [2.05, 4.69) is 0 Å². The van der Waals surface area contributed by atoms with Crippen molar-refractivity contribution in [1.29, 1.82) is 0 Å². The minimum Gasteiger partial charge on any atom is -0.396 e. The molecule has 1 unspecified atom stereocenters. The van der Waals surface area contributed by atoms with Gasteiger partial charge in [0.2, 0.25) is 5.91 Å². The molecule has 4 heteroatoms. The van der Waals surface area contributed by atoms with Crippen LogP contribution >= 0.6 is 11.3 Å². The second-order valence-corrected chi connectivity index (χ2v) is 5.01. The van der Waals surface area contributed by atoms with Gasteiger partial charge in [-0.3, -0.25) is 4.79 Å². The van der Waals surface area contributed by atoms with Gasteiger partial charge in [-0.25, -0.2) is 0 Å². The van der Waals surface area contributed by atoms with E-state index in [9.17, 15) is 9.90 Å². The van der Waals surface area contributed by atoms with Crippen LogP contribution in [0.3, 0.4) is 0 Å². The number of amides is 1. The first-order valence-electron chi connectivity index (χ1n) is 5.72. The van der Waals surface area contributed by atoms with Crippen molar-refractivity contribution in [2.45, 2.75) is 25.2 Å². The van der Waals surface area contributed by atoms with Gasteiger partial charge in [0.25, 0.3) is 0 Å². The number of aliphatic hydroxyl groups is 1. The van der Waals surface area contributed by atoms with Gasteiger partial charge in [0.15, 0.2) is 0 Å². The second kappa shape index (κ2) is 5.46. The zero-order valence-electron chi connectivity index (χ0n) is 9.26. The van der Waals surface area contributed by atoms with Gasteiger partial charge < -0.3 is 10.0 Å². The molecule has 0 aromatic carbocycles. The molecule has 1 aliphatic rings. The van der Waals surface area contributed by atoms with Gasteiger partial charge in [-0.2, -0.15) is 11.3 Å². The fraction of sp³-hybridized carbons (Fsp3) is 0.583. The molecule has 2 rings (SSSR count). The molecule has 1 amide bonds. The van der Waals surface area contributed by atoms with Crippen molar-refractivity contribution < 1.29 is 9.90 Å². The maximum absolute atomic E-state index is 11.9. The third-order valence-corrected chi connectivity index (χ3v) is 3.82. The molecule has 1 aromatic heterocycles. The summed E-state index contributed by atoms with van der Waals surface area (Å²) in [6, 6.07) is 1.99. The highest BCUT2D eigenvalue weighted by Crippen LogP contribution is 2.23. The van der Waals surface area contributed by atoms with Gasteiger partial charge in [0.1, 0.15) is 0 Å². The summed E-state index contributed by atoms with van der Waals surface area (Å²) in [6.07, 6.45) is 2.68. The van der Waals surface area contributed by atoms with E-state index in [4.69, 9.17) is 0 Å². The Hall–Kier alpha value is -0.870. The molecule has 1 aromatic rings. The summed E-state index contributed by atoms with van der Waals surface area (Å²) in [5.41, 5.74) is 1.08. The molecule has 3 nitrogen and oxygen atoms in total. The monoisotopic (exact) mass is 239 g/mol. The van der Waals surface area contributed by atoms with Crippen LogP contribution in [0.2, 0.25) is 0 Å². The molecule has 16 heavy (non-hydrogen) atoms. The number of carbonyl (C=O) groups excluding carboxylic acids is 1. The van der Waals surface area contributed by atoms with Crippen molar-refractivity contribution in [3.63, 3.8) is 0 Å². The summed E-state index contributed by atoms with van der Waals surface area (Å²) in [4.78, 5) is 13.8. The topological polar surface area (TPSA) is 40.5 Å². The van der Waals surface area contributed by atoms with E-state index in [0.717, 1.165) is 31.5 Å². The van der Waals surface area contributed by atoms with Gasteiger partial charge in [0.05, 0.1) is 6.61 Å². The Labute approximate surface area is 99.7 Å². The molecule has 1 N–H and O–H groups in total. The number of likely N-dealkylation sites (tertiary alicyclic amines) is 1. The van der Waals surface area contributed by atoms with Crippen LogP contribution in [0.5, 0.6) is 0 Å². The van der Waals surface area contributed by atoms with E-state index in [1.54, 1.807) is 11.3 Å². The molecular formula is C12H17NO2S. The fourth-order valence-corrected chi connectivity index (χ4v) is 2.84. The lowest BCUT2D eigenvalue weighted by Gasteiger charge is -2.19. The highest BCUT2D eigenvalue weighted by atomic mass is 32.1. The molecule has 1 saturated heterocycles. The van der Waals surface area contributed by atoms with Crippen LogP contribution in [0.15, 0.2) is 16.8 Å². The van der Waals surface area contributed by atoms with Gasteiger partial charge >= 0.3 is 0 Å². The second-order valence-electron chi connectivity index (χ2n) is 4.23. The van der Waals surface area contributed by atoms with E-state index in [1.165, 1.54) is 0 Å². The lowest BCUT2D eigenvalue weighted by molar-refractivity contribution is -0.130. The molecule has 0 spiro atoms. The van der Waals surface area contributed by atoms with Gasteiger partial charge in [-0.05, 0) is 35.2 Å². The van der Waals surface area contributed by atoms with Crippen molar-refractivity contribution in [2.75, 3.05) is 19.7 Å². The highest BCUT2D eigenvalue weighted by Gasteiger charge is 2.22. The minimum absolute atomic E-state index is 0.0284. The molecule has 1 aliphatic heterocycles. The first kappa shape index (κ1) is 11.6. The maximum Gasteiger partial charge on any atom is 0.223 e. The molecule has 88 valence electrons. The molecule has 2 heterocycles. The minimum atomic E-state index is -0.0284. The normalized spacial score (nSPS) is 17.7. The van der Waals surface area contributed by atoms with Gasteiger partial charge in [-0.1, -0.05) is 0 Å². The Morgan fingerprint density at radius 1 is 1.50 bits per heavy atom. The smallest absolute Gasteiger partial charge is 0.223 e. The number of rotatable bonds is 4. The van der Waals surface area contributed by atoms with Crippen molar-refractivity contribution in [1.82, 2.24) is 4.90 Å². The summed E-state index contributed by atoms with van der Waals surface area (Å²) in [6.45, 7) is 1.83. The molecule has 1 fully saturated rings. The van der Waals surface area contributed by atoms with Crippen molar-refractivity contribution in [3.05, 3.63) is 22.4 Å². The van der Waals surface area contributed by atoms with E-state index >= 15 is 0 Å². The molecule has 0 radical (unpaired) electrons. The zero-order chi connectivity index (χ0) is 11.4. The van der Waals surface area contributed by atoms with Crippen LogP contribution in [0, 0.1) is 0 Å². The summed E-state index contributed by atoms with van der Waals surface area (Å²) < 4.78 is 0. The van der Waals surface area contributed by atoms with Gasteiger partial charge in [0, 0.05) is 25.4 Å². The third-order valence-electron chi connectivity index (χ3n) is 3.11. The summed E-state index contributed by atoms with van der Waals surface area (Å²) >= 11 is 1.61. The van der Waals surface area contributed by atoms with Gasteiger partial charge in [-0.15, -0.1) is 0 Å². The van der Waals surface area contributed by atoms with Crippen LogP contribution in [0.25, 0.3) is 0 Å². The predicted molar refractivity (Wildman–Crippen MR) is 64.6 cm³/mol. The third kappa shape index (κ3) is 2.62. The Morgan fingerprint density at radius 2 is 2.25 bits per heavy atom. The number of carbonyl (C=O) groups is 1. The molecule has 1 atom stereocenters. The zero-order valence-corrected chi connectivity index (χ0v) is 10.1. The molecule has 0 aliphatic carbocycles. The highest BCUT2D eigenvalue weighted by molar-refractivity contribution is 7.07. The fourth-order valence-electron chi connectivity index (χ4n) is 2.10. The SMILES string of the molecule is O=C(CC(CO)c1ccsc1)N1CCCC1. The van der Waals surface area contributed by atoms with Crippen molar-refractivity contribution >= 4 is 17.2 Å². The summed E-state index contributed by atoms with van der Waals surface area (Å²) in [7, 11) is 0. The van der Waals surface area contributed by atoms with E-state index in [-0.39, 0.29) is 18.4 Å². The lowest BCUT2D eigenvalue weighted by atomic mass is 9.99. The maximum atomic E-state index is 11.9. The van der Waals surface area contributed by atoms with E-state index in [0.29, 0.717) is 6.42 Å². The Morgan fingerprint density at radius 3 is 2.81 bits per heavy atom. The Kier molecular flexibility index (Phi) is 3.96. The largest absolute Gasteiger partial charge is 0.396 e. The number of nitrogens with zero attached hydrogens (tertiary/aromatic N) is 1. The number of aliphatic hydroxyl groups excluding tert-OH is 1. The standard InChI is InChI=1S/C12H17NO2S/c14-8-11(10-3-6-16-9-10)7-12(15)13-4-1-2-5-13/h3,6,9,11,14H,1-2,4-5,7-8H2. The van der Waals surface area contributed by atoms with Crippen LogP contribution < -0.4 is 0 Å². The van der Waals surface area contributed by atoms with Crippen molar-refractivity contribution in [2.24, 2.45) is 0 Å². The van der Waals surface area contributed by atoms with Crippen LogP contribution in [-0.4, -0.2) is 35.6 Å². The van der Waals surface area contributed by atoms with Crippen molar-refractivity contribution in [3.8, 4) is 0 Å². The van der Waals surface area contributed by atoms with E-state index in [1.807, 2.05) is 21.7 Å². The number of thiophene rings is 1. The summed E-state index contributed by atoms with van der Waals surface area (Å²) in [5, 5.41) is 13.3. The average Bonchev–Trinajstić information content (AvgIpc) is 2.96. The Balaban J connectivity index is 1.93. The first-order chi connectivity index (χ1) is 7.81. The Bertz CT molecular complexity index is 331. The quantitative estimate of drug-likeness (QED) is 0.871. The average molecular weight is 239 g/mol. The predicted octanol–water partition coefficient (Wildman–Crippen LogP) is 1.84. The lowest BCUT2D eigenvalue weighted by Crippen LogP contribution is -2.29. The molecular weight excluding hydrogens is 222 g/mol. The molecule has 0 saturated carbocycles. The number of hydrogen-bond acceptors (Lipinski definition) is 3. The van der Waals surface area contributed by atoms with Crippen LogP contribution in [0.4, 0.5) is 0 Å². The van der Waals surface area contributed by atoms with Crippen LogP contribution in [-0.2, 0) is 4.79 Å². The number of hydrogen-bond donors (Lipinski definition) is 1. The summed E-state index contributed by atoms with van der Waals surface area (Å²) in [5.74, 6) is 0.155. The molecule has 0 bridgehead atoms.